The van der Waals surface area contributed by atoms with E-state index in [1.54, 1.807) is 0 Å². The van der Waals surface area contributed by atoms with Crippen LogP contribution in [0, 0.1) is 0 Å². The molecular weight excluding hydrogens is 636 g/mol. The van der Waals surface area contributed by atoms with E-state index < -0.39 is 6.10 Å². The van der Waals surface area contributed by atoms with Crippen molar-refractivity contribution in [2.45, 2.75) is 207 Å². The Labute approximate surface area is 314 Å². The lowest BCUT2D eigenvalue weighted by atomic mass is 10.1. The van der Waals surface area contributed by atoms with Crippen LogP contribution in [0.15, 0.2) is 48.6 Å². The van der Waals surface area contributed by atoms with E-state index >= 15 is 0 Å². The van der Waals surface area contributed by atoms with Gasteiger partial charge in [0.25, 0.3) is 0 Å². The van der Waals surface area contributed by atoms with Crippen LogP contribution in [0.25, 0.3) is 0 Å². The predicted molar refractivity (Wildman–Crippen MR) is 215 cm³/mol. The normalized spacial score (nSPS) is 12.5. The number of unbranched alkanes of at least 4 members (excludes halogenated alkanes) is 20. The molecule has 0 saturated carbocycles. The zero-order valence-electron chi connectivity index (χ0n) is 33.4. The topological polar surface area (TPSA) is 78.9 Å². The molecule has 294 valence electrons. The van der Waals surface area contributed by atoms with Gasteiger partial charge in [-0.25, -0.2) is 0 Å². The molecule has 0 aliphatic rings. The van der Waals surface area contributed by atoms with E-state index in [1.165, 1.54) is 77.0 Å². The van der Waals surface area contributed by atoms with E-state index in [1.807, 2.05) is 0 Å². The van der Waals surface area contributed by atoms with Crippen molar-refractivity contribution in [3.05, 3.63) is 48.6 Å². The van der Waals surface area contributed by atoms with Crippen LogP contribution in [-0.2, 0) is 28.6 Å². The Bertz CT molecular complexity index is 918. The number of carbonyl (C=O) groups is 3. The van der Waals surface area contributed by atoms with Crippen molar-refractivity contribution in [2.75, 3.05) is 13.2 Å². The van der Waals surface area contributed by atoms with Gasteiger partial charge in [-0.05, 0) is 57.8 Å². The number of ether oxygens (including phenoxy) is 3. The highest BCUT2D eigenvalue weighted by Crippen LogP contribution is 2.14. The molecule has 0 saturated heterocycles. The first-order chi connectivity index (χ1) is 25.0. The second kappa shape index (κ2) is 40.1. The third-order valence-corrected chi connectivity index (χ3v) is 8.88. The summed E-state index contributed by atoms with van der Waals surface area (Å²) < 4.78 is 16.6. The summed E-state index contributed by atoms with van der Waals surface area (Å²) in [5.41, 5.74) is 0. The third kappa shape index (κ3) is 38.4. The molecule has 51 heavy (non-hydrogen) atoms. The summed E-state index contributed by atoms with van der Waals surface area (Å²) in [4.78, 5) is 37.5. The number of esters is 3. The second-order valence-corrected chi connectivity index (χ2v) is 13.9. The van der Waals surface area contributed by atoms with Gasteiger partial charge in [-0.15, -0.1) is 0 Å². The van der Waals surface area contributed by atoms with Gasteiger partial charge in [-0.1, -0.05) is 172 Å². The highest BCUT2D eigenvalue weighted by atomic mass is 16.6. The predicted octanol–water partition coefficient (Wildman–Crippen LogP) is 13.2. The van der Waals surface area contributed by atoms with Crippen LogP contribution in [0.3, 0.4) is 0 Å². The van der Waals surface area contributed by atoms with Gasteiger partial charge in [0, 0.05) is 19.3 Å². The number of rotatable bonds is 37. The summed E-state index contributed by atoms with van der Waals surface area (Å²) in [7, 11) is 0. The van der Waals surface area contributed by atoms with E-state index in [0.717, 1.165) is 77.0 Å². The maximum Gasteiger partial charge on any atom is 0.306 e. The van der Waals surface area contributed by atoms with Gasteiger partial charge in [0.1, 0.15) is 13.2 Å². The van der Waals surface area contributed by atoms with Crippen LogP contribution in [0.1, 0.15) is 201 Å². The summed E-state index contributed by atoms with van der Waals surface area (Å²) in [5.74, 6) is -0.951. The molecule has 0 amide bonds. The van der Waals surface area contributed by atoms with E-state index in [4.69, 9.17) is 14.2 Å². The van der Waals surface area contributed by atoms with Crippen molar-refractivity contribution in [3.63, 3.8) is 0 Å². The van der Waals surface area contributed by atoms with Crippen LogP contribution in [-0.4, -0.2) is 37.2 Å². The first kappa shape index (κ1) is 48.4. The summed E-state index contributed by atoms with van der Waals surface area (Å²) in [5, 5.41) is 0. The Morgan fingerprint density at radius 3 is 1.33 bits per heavy atom. The number of hydrogen-bond acceptors (Lipinski definition) is 6. The van der Waals surface area contributed by atoms with E-state index in [0.29, 0.717) is 25.7 Å². The zero-order valence-corrected chi connectivity index (χ0v) is 33.4. The molecule has 0 aromatic carbocycles. The summed E-state index contributed by atoms with van der Waals surface area (Å²) in [6, 6.07) is 0. The average molecular weight is 715 g/mol. The van der Waals surface area contributed by atoms with Crippen molar-refractivity contribution in [1.82, 2.24) is 0 Å². The highest BCUT2D eigenvalue weighted by molar-refractivity contribution is 5.71. The van der Waals surface area contributed by atoms with E-state index in [-0.39, 0.29) is 31.1 Å². The van der Waals surface area contributed by atoms with Crippen molar-refractivity contribution in [2.24, 2.45) is 0 Å². The van der Waals surface area contributed by atoms with Crippen molar-refractivity contribution in [1.29, 1.82) is 0 Å². The van der Waals surface area contributed by atoms with Crippen LogP contribution in [0.5, 0.6) is 0 Å². The minimum Gasteiger partial charge on any atom is -0.462 e. The van der Waals surface area contributed by atoms with Gasteiger partial charge in [0.2, 0.25) is 0 Å². The minimum absolute atomic E-state index is 0.0914. The SMILES string of the molecule is CC\C=C/C=C\C=C/CCCCCCCC(=O)OCC(COC(=O)CCC/C=C\CCCCCC)OC(=O)CCCCCCCCCCCCC. The molecule has 0 spiro atoms. The van der Waals surface area contributed by atoms with Gasteiger partial charge >= 0.3 is 17.9 Å². The quantitative estimate of drug-likeness (QED) is 0.0209. The standard InChI is InChI=1S/C45H78O6/c1-4-7-10-13-16-19-21-22-24-26-29-32-35-38-44(47)50-41-42(40-49-43(46)37-34-31-28-25-18-15-12-9-6-3)51-45(48)39-36-33-30-27-23-20-17-14-11-8-5-2/h7,10,13,16,19,21,25,28,42H,4-6,8-9,11-12,14-15,17-18,20,22-24,26-27,29-41H2,1-3H3/b10-7-,16-13-,21-19-,28-25-. The smallest absolute Gasteiger partial charge is 0.306 e. The summed E-state index contributed by atoms with van der Waals surface area (Å²) in [6.07, 6.45) is 45.3. The largest absolute Gasteiger partial charge is 0.462 e. The van der Waals surface area contributed by atoms with Crippen LogP contribution < -0.4 is 0 Å². The fourth-order valence-corrected chi connectivity index (χ4v) is 5.68. The molecule has 0 aliphatic heterocycles. The first-order valence-electron chi connectivity index (χ1n) is 21.2. The lowest BCUT2D eigenvalue weighted by Gasteiger charge is -2.18. The molecule has 0 radical (unpaired) electrons. The zero-order chi connectivity index (χ0) is 37.3. The lowest BCUT2D eigenvalue weighted by molar-refractivity contribution is -0.167. The molecule has 0 heterocycles. The van der Waals surface area contributed by atoms with Gasteiger partial charge < -0.3 is 14.2 Å². The first-order valence-corrected chi connectivity index (χ1v) is 21.2. The Balaban J connectivity index is 4.42. The van der Waals surface area contributed by atoms with Gasteiger partial charge in [0.05, 0.1) is 0 Å². The molecule has 0 rings (SSSR count). The number of carbonyl (C=O) groups excluding carboxylic acids is 3. The number of hydrogen-bond donors (Lipinski definition) is 0. The summed E-state index contributed by atoms with van der Waals surface area (Å²) in [6.45, 7) is 6.40. The molecular formula is C45H78O6. The van der Waals surface area contributed by atoms with Crippen LogP contribution in [0.2, 0.25) is 0 Å². The molecule has 0 aromatic rings. The average Bonchev–Trinajstić information content (AvgIpc) is 3.12. The second-order valence-electron chi connectivity index (χ2n) is 13.9. The molecule has 0 aliphatic carbocycles. The summed E-state index contributed by atoms with van der Waals surface area (Å²) >= 11 is 0. The fourth-order valence-electron chi connectivity index (χ4n) is 5.68. The van der Waals surface area contributed by atoms with E-state index in [9.17, 15) is 14.4 Å². The Morgan fingerprint density at radius 1 is 0.412 bits per heavy atom. The Hall–Kier alpha value is -2.63. The van der Waals surface area contributed by atoms with Crippen molar-refractivity contribution >= 4 is 17.9 Å². The van der Waals surface area contributed by atoms with Crippen molar-refractivity contribution < 1.29 is 28.6 Å². The highest BCUT2D eigenvalue weighted by Gasteiger charge is 2.19. The molecule has 1 unspecified atom stereocenters. The van der Waals surface area contributed by atoms with Crippen LogP contribution >= 0.6 is 0 Å². The molecule has 0 N–H and O–H groups in total. The fraction of sp³-hybridized carbons (Fsp3) is 0.756. The molecule has 0 bridgehead atoms. The number of allylic oxidation sites excluding steroid dienone is 8. The lowest BCUT2D eigenvalue weighted by Crippen LogP contribution is -2.30. The van der Waals surface area contributed by atoms with Crippen molar-refractivity contribution in [3.8, 4) is 0 Å². The van der Waals surface area contributed by atoms with E-state index in [2.05, 4.69) is 69.4 Å². The molecule has 6 nitrogen and oxygen atoms in total. The monoisotopic (exact) mass is 715 g/mol. The maximum atomic E-state index is 12.6. The molecule has 0 aromatic heterocycles. The van der Waals surface area contributed by atoms with Gasteiger partial charge in [0.15, 0.2) is 6.10 Å². The minimum atomic E-state index is -0.785. The Kier molecular flexibility index (Phi) is 38.1. The Morgan fingerprint density at radius 2 is 0.804 bits per heavy atom. The van der Waals surface area contributed by atoms with Crippen LogP contribution in [0.4, 0.5) is 0 Å². The maximum absolute atomic E-state index is 12.6. The van der Waals surface area contributed by atoms with Gasteiger partial charge in [-0.2, -0.15) is 0 Å². The third-order valence-electron chi connectivity index (χ3n) is 8.88. The molecule has 0 fully saturated rings. The molecule has 1 atom stereocenters. The van der Waals surface area contributed by atoms with Gasteiger partial charge in [-0.3, -0.25) is 14.4 Å². The molecule has 6 heteroatoms.